The Hall–Kier alpha value is -12.2. The molecule has 0 N–H and O–H groups in total. The third-order valence-electron chi connectivity index (χ3n) is 19.2. The molecule has 0 spiro atoms. The van der Waals surface area contributed by atoms with Gasteiger partial charge in [-0.05, 0) is 137 Å². The van der Waals surface area contributed by atoms with Crippen LogP contribution in [0.4, 0.5) is 68.2 Å². The lowest BCUT2D eigenvalue weighted by Gasteiger charge is -2.46. The van der Waals surface area contributed by atoms with Crippen molar-refractivity contribution in [1.82, 2.24) is 4.57 Å². The second kappa shape index (κ2) is 21.2. The van der Waals surface area contributed by atoms with E-state index in [2.05, 4.69) is 358 Å². The molecule has 14 aromatic carbocycles. The molecule has 9 heteroatoms. The minimum atomic E-state index is -0.226. The number of hydrogen-bond donors (Lipinski definition) is 0. The number of rotatable bonds is 10. The molecule has 19 rings (SSSR count). The standard InChI is InChI=1S/C84H55B2N5O2/c1-7-28-56(29-8-1)87(57-30-9-2-10-31-57)62-50-76-82-77(51-62)91(73-47-24-20-41-65(73)67-43-27-42-66-64-40-19-23-46-72(64)90(84(66)67)61-38-17-6-18-39-61)75-55-79-71(54-70(75)85(82)68-44-21-25-48-74(68)89(76)60-36-15-5-16-37-60)86-69-45-22-26-49-78(69)92-80-52-63(53-81(93-79)83(80)86)88(58-32-11-3-12-33-58)59-34-13-4-14-35-59/h1-55H. The SMILES string of the molecule is c1ccc(N(c2ccccc2)c2cc3c4c(c2)Oc2cc5c(cc2B4c2ccccc2O3)B2c3ccccc3N(c3ccccc3)c3cc(N(c4ccccc4)c4ccccc4)cc(c32)N5c2ccccc2-c2cccc3c4ccccc4n(-c4ccccc4)c23)cc1. The fraction of sp³-hybridized carbons (Fsp3) is 0. The molecule has 0 atom stereocenters. The van der Waals surface area contributed by atoms with Crippen LogP contribution in [0.3, 0.4) is 0 Å². The lowest BCUT2D eigenvalue weighted by molar-refractivity contribution is 0.465. The Bertz CT molecular complexity index is 5360. The highest BCUT2D eigenvalue weighted by molar-refractivity contribution is 7.02. The number of hydrogen-bond acceptors (Lipinski definition) is 6. The van der Waals surface area contributed by atoms with E-state index in [1.165, 1.54) is 27.2 Å². The van der Waals surface area contributed by atoms with Crippen LogP contribution in [0, 0.1) is 0 Å². The molecule has 4 aliphatic rings. The fourth-order valence-corrected chi connectivity index (χ4v) is 15.4. The quantitative estimate of drug-likeness (QED) is 0.127. The van der Waals surface area contributed by atoms with Gasteiger partial charge in [0.2, 0.25) is 0 Å². The largest absolute Gasteiger partial charge is 0.458 e. The zero-order valence-electron chi connectivity index (χ0n) is 50.5. The Morgan fingerprint density at radius 2 is 0.731 bits per heavy atom. The van der Waals surface area contributed by atoms with E-state index in [-0.39, 0.29) is 13.4 Å². The van der Waals surface area contributed by atoms with Crippen LogP contribution in [0.2, 0.25) is 0 Å². The van der Waals surface area contributed by atoms with Crippen molar-refractivity contribution in [2.75, 3.05) is 19.6 Å². The molecular weight excluding hydrogens is 1130 g/mol. The van der Waals surface area contributed by atoms with Gasteiger partial charge in [-0.3, -0.25) is 0 Å². The smallest absolute Gasteiger partial charge is 0.260 e. The molecule has 0 amide bonds. The van der Waals surface area contributed by atoms with Crippen LogP contribution in [-0.2, 0) is 0 Å². The average molecular weight is 1190 g/mol. The van der Waals surface area contributed by atoms with Gasteiger partial charge in [0.15, 0.2) is 0 Å². The van der Waals surface area contributed by atoms with E-state index in [4.69, 9.17) is 9.47 Å². The van der Waals surface area contributed by atoms with Crippen molar-refractivity contribution in [1.29, 1.82) is 0 Å². The minimum absolute atomic E-state index is 0.224. The van der Waals surface area contributed by atoms with Crippen molar-refractivity contribution in [2.24, 2.45) is 0 Å². The van der Waals surface area contributed by atoms with Gasteiger partial charge in [0, 0.05) is 102 Å². The van der Waals surface area contributed by atoms with Crippen molar-refractivity contribution >= 4 is 136 Å². The summed E-state index contributed by atoms with van der Waals surface area (Å²) in [5.41, 5.74) is 24.9. The maximum absolute atomic E-state index is 7.69. The van der Waals surface area contributed by atoms with Gasteiger partial charge in [-0.1, -0.05) is 206 Å². The van der Waals surface area contributed by atoms with Gasteiger partial charge in [-0.25, -0.2) is 0 Å². The lowest BCUT2D eigenvalue weighted by atomic mass is 9.31. The fourth-order valence-electron chi connectivity index (χ4n) is 15.4. The minimum Gasteiger partial charge on any atom is -0.458 e. The molecular formula is C84H55B2N5O2. The molecule has 15 aromatic rings. The third kappa shape index (κ3) is 8.26. The zero-order valence-corrected chi connectivity index (χ0v) is 50.5. The third-order valence-corrected chi connectivity index (χ3v) is 19.2. The van der Waals surface area contributed by atoms with Crippen LogP contribution in [-0.4, -0.2) is 18.0 Å². The second-order valence-corrected chi connectivity index (χ2v) is 24.3. The zero-order chi connectivity index (χ0) is 61.1. The Balaban J connectivity index is 0.923. The highest BCUT2D eigenvalue weighted by Gasteiger charge is 2.48. The predicted octanol–water partition coefficient (Wildman–Crippen LogP) is 18.2. The first-order valence-corrected chi connectivity index (χ1v) is 31.9. The van der Waals surface area contributed by atoms with E-state index in [1.54, 1.807) is 0 Å². The summed E-state index contributed by atoms with van der Waals surface area (Å²) in [6.45, 7) is -0.449. The number of para-hydroxylation sites is 11. The van der Waals surface area contributed by atoms with Crippen LogP contribution < -0.4 is 61.9 Å². The summed E-state index contributed by atoms with van der Waals surface area (Å²) in [4.78, 5) is 9.78. The molecule has 93 heavy (non-hydrogen) atoms. The summed E-state index contributed by atoms with van der Waals surface area (Å²) >= 11 is 0. The summed E-state index contributed by atoms with van der Waals surface area (Å²) in [5.74, 6) is 3.14. The maximum atomic E-state index is 7.69. The monoisotopic (exact) mass is 1190 g/mol. The molecule has 4 aliphatic heterocycles. The van der Waals surface area contributed by atoms with Gasteiger partial charge in [-0.2, -0.15) is 0 Å². The van der Waals surface area contributed by atoms with Crippen molar-refractivity contribution in [3.63, 3.8) is 0 Å². The van der Waals surface area contributed by atoms with E-state index in [1.807, 2.05) is 0 Å². The van der Waals surface area contributed by atoms with Crippen LogP contribution in [0.5, 0.6) is 23.0 Å². The number of ether oxygens (including phenoxy) is 2. The lowest BCUT2D eigenvalue weighted by Crippen LogP contribution is -2.64. The van der Waals surface area contributed by atoms with Gasteiger partial charge in [0.25, 0.3) is 13.4 Å². The van der Waals surface area contributed by atoms with Gasteiger partial charge >= 0.3 is 0 Å². The predicted molar refractivity (Wildman–Crippen MR) is 387 cm³/mol. The highest BCUT2D eigenvalue weighted by atomic mass is 16.5. The molecule has 0 saturated heterocycles. The Morgan fingerprint density at radius 1 is 0.258 bits per heavy atom. The van der Waals surface area contributed by atoms with Crippen molar-refractivity contribution in [3.05, 3.63) is 334 Å². The van der Waals surface area contributed by atoms with Crippen LogP contribution in [0.15, 0.2) is 334 Å². The topological polar surface area (TPSA) is 36.4 Å². The number of benzene rings is 14. The first kappa shape index (κ1) is 52.7. The van der Waals surface area contributed by atoms with E-state index < -0.39 is 0 Å². The van der Waals surface area contributed by atoms with E-state index >= 15 is 0 Å². The Labute approximate surface area is 540 Å². The maximum Gasteiger partial charge on any atom is 0.260 e. The van der Waals surface area contributed by atoms with Gasteiger partial charge in [0.05, 0.1) is 28.1 Å². The molecule has 0 aliphatic carbocycles. The number of aromatic nitrogens is 1. The first-order valence-electron chi connectivity index (χ1n) is 31.9. The van der Waals surface area contributed by atoms with Crippen LogP contribution in [0.1, 0.15) is 0 Å². The molecule has 0 fully saturated rings. The van der Waals surface area contributed by atoms with Crippen molar-refractivity contribution in [2.45, 2.75) is 0 Å². The van der Waals surface area contributed by atoms with E-state index in [0.717, 1.165) is 135 Å². The Morgan fingerprint density at radius 3 is 1.38 bits per heavy atom. The van der Waals surface area contributed by atoms with E-state index in [0.29, 0.717) is 0 Å². The second-order valence-electron chi connectivity index (χ2n) is 24.3. The normalized spacial score (nSPS) is 12.8. The average Bonchev–Trinajstić information content (AvgIpc) is 1.75. The number of anilines is 12. The molecule has 434 valence electrons. The van der Waals surface area contributed by atoms with Crippen molar-refractivity contribution < 1.29 is 9.47 Å². The van der Waals surface area contributed by atoms with Gasteiger partial charge in [-0.15, -0.1) is 0 Å². The van der Waals surface area contributed by atoms with Crippen LogP contribution >= 0.6 is 0 Å². The van der Waals surface area contributed by atoms with Crippen molar-refractivity contribution in [3.8, 4) is 39.8 Å². The summed E-state index contributed by atoms with van der Waals surface area (Å²) in [6.07, 6.45) is 0. The Kier molecular flexibility index (Phi) is 12.0. The van der Waals surface area contributed by atoms with Gasteiger partial charge < -0.3 is 33.6 Å². The molecule has 0 bridgehead atoms. The molecule has 1 aromatic heterocycles. The van der Waals surface area contributed by atoms with Gasteiger partial charge in [0.1, 0.15) is 23.0 Å². The molecule has 0 saturated carbocycles. The molecule has 5 heterocycles. The summed E-state index contributed by atoms with van der Waals surface area (Å²) < 4.78 is 17.3. The van der Waals surface area contributed by atoms with Crippen LogP contribution in [0.25, 0.3) is 38.6 Å². The van der Waals surface area contributed by atoms with E-state index in [9.17, 15) is 0 Å². The summed E-state index contributed by atoms with van der Waals surface area (Å²) in [7, 11) is 0. The summed E-state index contributed by atoms with van der Waals surface area (Å²) in [6, 6.07) is 121. The number of fused-ring (bicyclic) bond motifs is 11. The summed E-state index contributed by atoms with van der Waals surface area (Å²) in [5, 5.41) is 2.39. The molecule has 7 nitrogen and oxygen atoms in total. The molecule has 0 unspecified atom stereocenters. The highest BCUT2D eigenvalue weighted by Crippen LogP contribution is 2.52. The first-order chi connectivity index (χ1) is 46.2. The number of nitrogens with zero attached hydrogens (tertiary/aromatic N) is 5. The molecule has 0 radical (unpaired) electrons.